The fourth-order valence-corrected chi connectivity index (χ4v) is 5.56. The third-order valence-corrected chi connectivity index (χ3v) is 7.83. The van der Waals surface area contributed by atoms with E-state index in [4.69, 9.17) is 0 Å². The van der Waals surface area contributed by atoms with Gasteiger partial charge in [-0.2, -0.15) is 4.31 Å². The average Bonchev–Trinajstić information content (AvgIpc) is 2.80. The number of hydrogen-bond acceptors (Lipinski definition) is 5. The Morgan fingerprint density at radius 1 is 0.903 bits per heavy atom. The Labute approximate surface area is 184 Å². The molecule has 0 unspecified atom stereocenters. The molecule has 160 valence electrons. The minimum Gasteiger partial charge on any atom is -0.336 e. The topological polar surface area (TPSA) is 70.6 Å². The summed E-state index contributed by atoms with van der Waals surface area (Å²) in [5, 5.41) is 0.869. The minimum absolute atomic E-state index is 0.121. The maximum absolute atomic E-state index is 14.0. The highest BCUT2D eigenvalue weighted by molar-refractivity contribution is 7.99. The summed E-state index contributed by atoms with van der Waals surface area (Å²) in [6.07, 6.45) is 1.73. The molecule has 0 atom stereocenters. The number of piperazine rings is 1. The van der Waals surface area contributed by atoms with Gasteiger partial charge in [-0.15, -0.1) is 0 Å². The van der Waals surface area contributed by atoms with E-state index in [1.807, 2.05) is 30.3 Å². The van der Waals surface area contributed by atoms with Crippen LogP contribution in [-0.2, 0) is 10.0 Å². The summed E-state index contributed by atoms with van der Waals surface area (Å²) in [5.74, 6) is -0.929. The van der Waals surface area contributed by atoms with Gasteiger partial charge in [-0.1, -0.05) is 30.0 Å². The zero-order valence-corrected chi connectivity index (χ0v) is 18.2. The number of aromatic nitrogens is 1. The monoisotopic (exact) mass is 457 g/mol. The highest BCUT2D eigenvalue weighted by Crippen LogP contribution is 2.26. The molecule has 6 nitrogen and oxygen atoms in total. The summed E-state index contributed by atoms with van der Waals surface area (Å²) in [4.78, 5) is 19.3. The molecular weight excluding hydrogens is 437 g/mol. The normalized spacial score (nSPS) is 15.1. The van der Waals surface area contributed by atoms with Gasteiger partial charge in [0.2, 0.25) is 10.0 Å². The Balaban J connectivity index is 1.39. The zero-order valence-electron chi connectivity index (χ0n) is 16.5. The van der Waals surface area contributed by atoms with Crippen molar-refractivity contribution < 1.29 is 17.6 Å². The van der Waals surface area contributed by atoms with E-state index in [9.17, 15) is 17.6 Å². The number of benzene rings is 2. The molecular formula is C22H20FN3O3S2. The van der Waals surface area contributed by atoms with Crippen LogP contribution in [0.15, 0.2) is 87.7 Å². The van der Waals surface area contributed by atoms with Gasteiger partial charge in [0.1, 0.15) is 15.7 Å². The number of carbonyl (C=O) groups excluding carboxylic acids is 1. The van der Waals surface area contributed by atoms with Gasteiger partial charge in [0.15, 0.2) is 0 Å². The number of sulfonamides is 1. The van der Waals surface area contributed by atoms with Gasteiger partial charge in [-0.25, -0.2) is 17.8 Å². The van der Waals surface area contributed by atoms with Gasteiger partial charge in [0, 0.05) is 42.8 Å². The lowest BCUT2D eigenvalue weighted by molar-refractivity contribution is 0.0697. The number of amides is 1. The summed E-state index contributed by atoms with van der Waals surface area (Å²) < 4.78 is 40.6. The van der Waals surface area contributed by atoms with Gasteiger partial charge in [-0.3, -0.25) is 4.79 Å². The van der Waals surface area contributed by atoms with Crippen molar-refractivity contribution in [2.45, 2.75) is 14.8 Å². The molecule has 4 rings (SSSR count). The second-order valence-corrected chi connectivity index (χ2v) is 9.92. The van der Waals surface area contributed by atoms with Crippen molar-refractivity contribution in [2.75, 3.05) is 26.2 Å². The Kier molecular flexibility index (Phi) is 6.35. The van der Waals surface area contributed by atoms with Crippen molar-refractivity contribution >= 4 is 27.7 Å². The van der Waals surface area contributed by atoms with Crippen LogP contribution >= 0.6 is 11.8 Å². The van der Waals surface area contributed by atoms with Gasteiger partial charge >= 0.3 is 0 Å². The maximum Gasteiger partial charge on any atom is 0.253 e. The molecule has 0 aliphatic carbocycles. The second kappa shape index (κ2) is 9.17. The summed E-state index contributed by atoms with van der Waals surface area (Å²) >= 11 is 1.51. The molecule has 9 heteroatoms. The molecule has 1 fully saturated rings. The molecule has 0 bridgehead atoms. The molecule has 1 amide bonds. The summed E-state index contributed by atoms with van der Waals surface area (Å²) in [6, 6.07) is 18.3. The first-order valence-corrected chi connectivity index (χ1v) is 11.9. The molecule has 1 aromatic heterocycles. The van der Waals surface area contributed by atoms with Crippen LogP contribution in [0.3, 0.4) is 0 Å². The van der Waals surface area contributed by atoms with E-state index < -0.39 is 15.8 Å². The highest BCUT2D eigenvalue weighted by atomic mass is 32.2. The molecule has 1 saturated heterocycles. The van der Waals surface area contributed by atoms with E-state index in [1.54, 1.807) is 23.2 Å². The summed E-state index contributed by atoms with van der Waals surface area (Å²) in [5.41, 5.74) is 0.538. The molecule has 0 N–H and O–H groups in total. The molecule has 2 heterocycles. The predicted molar refractivity (Wildman–Crippen MR) is 116 cm³/mol. The Hall–Kier alpha value is -2.75. The quantitative estimate of drug-likeness (QED) is 0.586. The Bertz CT molecular complexity index is 1160. The largest absolute Gasteiger partial charge is 0.336 e. The highest BCUT2D eigenvalue weighted by Gasteiger charge is 2.32. The van der Waals surface area contributed by atoms with Crippen molar-refractivity contribution in [1.29, 1.82) is 0 Å². The average molecular weight is 458 g/mol. The molecule has 3 aromatic rings. The Morgan fingerprint density at radius 3 is 2.23 bits per heavy atom. The predicted octanol–water partition coefficient (Wildman–Crippen LogP) is 3.52. The number of carbonyl (C=O) groups is 1. The minimum atomic E-state index is -3.93. The standard InChI is InChI=1S/C22H20FN3O3S2/c23-19-5-1-2-6-20(19)31(28,29)26-15-13-25(14-16-26)22(27)17-8-10-18(11-9-17)30-21-7-3-4-12-24-21/h1-12H,13-16H2. The van der Waals surface area contributed by atoms with Crippen LogP contribution in [0.5, 0.6) is 0 Å². The lowest BCUT2D eigenvalue weighted by Gasteiger charge is -2.34. The van der Waals surface area contributed by atoms with Gasteiger partial charge < -0.3 is 4.90 Å². The van der Waals surface area contributed by atoms with E-state index in [-0.39, 0.29) is 37.0 Å². The van der Waals surface area contributed by atoms with Crippen molar-refractivity contribution in [3.8, 4) is 0 Å². The summed E-state index contributed by atoms with van der Waals surface area (Å²) in [6.45, 7) is 0.736. The molecule has 0 radical (unpaired) electrons. The third kappa shape index (κ3) is 4.79. The van der Waals surface area contributed by atoms with Crippen LogP contribution in [-0.4, -0.2) is 54.7 Å². The number of nitrogens with zero attached hydrogens (tertiary/aromatic N) is 3. The van der Waals surface area contributed by atoms with E-state index >= 15 is 0 Å². The Morgan fingerprint density at radius 2 is 1.58 bits per heavy atom. The number of pyridine rings is 1. The smallest absolute Gasteiger partial charge is 0.253 e. The molecule has 0 spiro atoms. The number of rotatable bonds is 5. The van der Waals surface area contributed by atoms with Crippen molar-refractivity contribution in [1.82, 2.24) is 14.2 Å². The number of halogens is 1. The van der Waals surface area contributed by atoms with E-state index in [0.717, 1.165) is 16.0 Å². The van der Waals surface area contributed by atoms with Crippen LogP contribution < -0.4 is 0 Å². The van der Waals surface area contributed by atoms with Crippen LogP contribution in [0, 0.1) is 5.82 Å². The lowest BCUT2D eigenvalue weighted by Crippen LogP contribution is -2.50. The van der Waals surface area contributed by atoms with Crippen molar-refractivity contribution in [3.63, 3.8) is 0 Å². The number of hydrogen-bond donors (Lipinski definition) is 0. The van der Waals surface area contributed by atoms with E-state index in [1.165, 1.54) is 34.3 Å². The lowest BCUT2D eigenvalue weighted by atomic mass is 10.2. The van der Waals surface area contributed by atoms with E-state index in [0.29, 0.717) is 5.56 Å². The van der Waals surface area contributed by atoms with Gasteiger partial charge in [0.25, 0.3) is 5.91 Å². The van der Waals surface area contributed by atoms with E-state index in [2.05, 4.69) is 4.98 Å². The van der Waals surface area contributed by atoms with Crippen LogP contribution in [0.1, 0.15) is 10.4 Å². The van der Waals surface area contributed by atoms with Gasteiger partial charge in [-0.05, 0) is 48.5 Å². The third-order valence-electron chi connectivity index (χ3n) is 4.94. The second-order valence-electron chi connectivity index (χ2n) is 6.92. The first-order valence-electron chi connectivity index (χ1n) is 9.68. The first-order chi connectivity index (χ1) is 14.9. The molecule has 31 heavy (non-hydrogen) atoms. The fraction of sp³-hybridized carbons (Fsp3) is 0.182. The van der Waals surface area contributed by atoms with Crippen molar-refractivity contribution in [2.24, 2.45) is 0 Å². The molecule has 1 aliphatic rings. The van der Waals surface area contributed by atoms with Crippen LogP contribution in [0.2, 0.25) is 0 Å². The maximum atomic E-state index is 14.0. The zero-order chi connectivity index (χ0) is 21.8. The van der Waals surface area contributed by atoms with Crippen LogP contribution in [0.4, 0.5) is 4.39 Å². The SMILES string of the molecule is O=C(c1ccc(Sc2ccccn2)cc1)N1CCN(S(=O)(=O)c2ccccc2F)CC1. The fourth-order valence-electron chi connectivity index (χ4n) is 3.30. The molecule has 1 aliphatic heterocycles. The van der Waals surface area contributed by atoms with Gasteiger partial charge in [0.05, 0.1) is 0 Å². The molecule has 2 aromatic carbocycles. The molecule has 0 saturated carbocycles. The summed E-state index contributed by atoms with van der Waals surface area (Å²) in [7, 11) is -3.93. The van der Waals surface area contributed by atoms with Crippen molar-refractivity contribution in [3.05, 3.63) is 84.3 Å². The first kappa shape index (κ1) is 21.5. The van der Waals surface area contributed by atoms with Crippen LogP contribution in [0.25, 0.3) is 0 Å².